The third-order valence-corrected chi connectivity index (χ3v) is 3.02. The van der Waals surface area contributed by atoms with Gasteiger partial charge in [-0.25, -0.2) is 9.97 Å². The lowest BCUT2D eigenvalue weighted by Gasteiger charge is -2.06. The van der Waals surface area contributed by atoms with Crippen molar-refractivity contribution in [1.82, 2.24) is 9.97 Å². The van der Waals surface area contributed by atoms with Gasteiger partial charge in [-0.1, -0.05) is 15.9 Å². The summed E-state index contributed by atoms with van der Waals surface area (Å²) in [7, 11) is 0. The van der Waals surface area contributed by atoms with E-state index >= 15 is 0 Å². The van der Waals surface area contributed by atoms with Gasteiger partial charge in [0.15, 0.2) is 0 Å². The lowest BCUT2D eigenvalue weighted by molar-refractivity contribution is 1.15. The zero-order valence-electron chi connectivity index (χ0n) is 8.48. The molecule has 0 radical (unpaired) electrons. The Morgan fingerprint density at radius 2 is 2.00 bits per heavy atom. The summed E-state index contributed by atoms with van der Waals surface area (Å²) in [6, 6.07) is 7.49. The highest BCUT2D eigenvalue weighted by atomic mass is 127. The molecule has 0 spiro atoms. The lowest BCUT2D eigenvalue weighted by atomic mass is 10.2. The number of halogens is 2. The highest BCUT2D eigenvalue weighted by Crippen LogP contribution is 2.23. The number of nitrogens with zero attached hydrogens (tertiary/aromatic N) is 3. The Bertz CT molecular complexity index is 577. The van der Waals surface area contributed by atoms with Crippen LogP contribution >= 0.6 is 38.5 Å². The summed E-state index contributed by atoms with van der Waals surface area (Å²) < 4.78 is 1.85. The largest absolute Gasteiger partial charge is 0.323 e. The molecule has 0 amide bonds. The zero-order chi connectivity index (χ0) is 12.3. The van der Waals surface area contributed by atoms with Gasteiger partial charge in [0.05, 0.1) is 11.3 Å². The molecule has 1 aromatic heterocycles. The number of aromatic nitrogens is 2. The van der Waals surface area contributed by atoms with Crippen molar-refractivity contribution < 1.29 is 0 Å². The maximum Gasteiger partial charge on any atom is 0.227 e. The molecule has 1 aromatic carbocycles. The Morgan fingerprint density at radius 1 is 1.29 bits per heavy atom. The molecule has 0 saturated carbocycles. The number of anilines is 2. The fraction of sp³-hybridized carbons (Fsp3) is 0. The predicted molar refractivity (Wildman–Crippen MR) is 76.9 cm³/mol. The molecule has 1 heterocycles. The topological polar surface area (TPSA) is 61.6 Å². The molecular formula is C11H6BrIN4. The molecule has 17 heavy (non-hydrogen) atoms. The quantitative estimate of drug-likeness (QED) is 0.784. The van der Waals surface area contributed by atoms with E-state index in [1.807, 2.05) is 12.1 Å². The second-order valence-corrected chi connectivity index (χ2v) is 5.31. The highest BCUT2D eigenvalue weighted by molar-refractivity contribution is 14.1. The number of hydrogen-bond acceptors (Lipinski definition) is 4. The van der Waals surface area contributed by atoms with Crippen molar-refractivity contribution in [3.05, 3.63) is 44.2 Å². The Labute approximate surface area is 120 Å². The molecule has 0 saturated heterocycles. The second kappa shape index (κ2) is 5.42. The molecule has 0 aliphatic carbocycles. The van der Waals surface area contributed by atoms with Crippen LogP contribution in [0.3, 0.4) is 0 Å². The zero-order valence-corrected chi connectivity index (χ0v) is 12.2. The monoisotopic (exact) mass is 400 g/mol. The lowest BCUT2D eigenvalue weighted by Crippen LogP contribution is -1.98. The molecular weight excluding hydrogens is 395 g/mol. The number of hydrogen-bond donors (Lipinski definition) is 1. The molecule has 0 aliphatic heterocycles. The first-order valence-electron chi connectivity index (χ1n) is 4.63. The number of nitrogens with one attached hydrogen (secondary N) is 1. The molecule has 1 N–H and O–H groups in total. The molecule has 0 fully saturated rings. The fourth-order valence-corrected chi connectivity index (χ4v) is 1.85. The van der Waals surface area contributed by atoms with Gasteiger partial charge in [-0.2, -0.15) is 5.26 Å². The molecule has 6 heteroatoms. The molecule has 2 aromatic rings. The number of nitriles is 1. The van der Waals surface area contributed by atoms with Gasteiger partial charge in [-0.05, 0) is 40.8 Å². The van der Waals surface area contributed by atoms with Crippen LogP contribution in [-0.2, 0) is 0 Å². The van der Waals surface area contributed by atoms with Gasteiger partial charge in [-0.3, -0.25) is 0 Å². The average molecular weight is 401 g/mol. The van der Waals surface area contributed by atoms with Gasteiger partial charge < -0.3 is 5.32 Å². The third-order valence-electron chi connectivity index (χ3n) is 1.97. The summed E-state index contributed by atoms with van der Waals surface area (Å²) in [6.45, 7) is 0. The van der Waals surface area contributed by atoms with Gasteiger partial charge in [0, 0.05) is 20.4 Å². The number of benzene rings is 1. The summed E-state index contributed by atoms with van der Waals surface area (Å²) in [6.07, 6.45) is 3.42. The van der Waals surface area contributed by atoms with Crippen molar-refractivity contribution in [2.24, 2.45) is 0 Å². The van der Waals surface area contributed by atoms with E-state index in [1.165, 1.54) is 0 Å². The van der Waals surface area contributed by atoms with E-state index in [1.54, 1.807) is 18.5 Å². The maximum absolute atomic E-state index is 8.98. The van der Waals surface area contributed by atoms with Crippen molar-refractivity contribution in [3.8, 4) is 6.07 Å². The third kappa shape index (κ3) is 3.14. The molecule has 4 nitrogen and oxygen atoms in total. The van der Waals surface area contributed by atoms with E-state index in [-0.39, 0.29) is 0 Å². The first-order chi connectivity index (χ1) is 8.19. The van der Waals surface area contributed by atoms with Crippen LogP contribution in [0, 0.1) is 14.9 Å². The minimum absolute atomic E-state index is 0.472. The van der Waals surface area contributed by atoms with Gasteiger partial charge in [0.2, 0.25) is 5.95 Å². The number of rotatable bonds is 2. The summed E-state index contributed by atoms with van der Waals surface area (Å²) in [5.41, 5.74) is 1.23. The smallest absolute Gasteiger partial charge is 0.227 e. The first kappa shape index (κ1) is 12.3. The molecule has 0 bridgehead atoms. The fourth-order valence-electron chi connectivity index (χ4n) is 1.21. The van der Waals surface area contributed by atoms with Crippen LogP contribution < -0.4 is 5.32 Å². The van der Waals surface area contributed by atoms with Crippen LogP contribution in [0.5, 0.6) is 0 Å². The Balaban J connectivity index is 2.32. The predicted octanol–water partition coefficient (Wildman–Crippen LogP) is 3.46. The van der Waals surface area contributed by atoms with E-state index < -0.39 is 0 Å². The van der Waals surface area contributed by atoms with Crippen molar-refractivity contribution in [3.63, 3.8) is 0 Å². The molecule has 0 unspecified atom stereocenters. The summed E-state index contributed by atoms with van der Waals surface area (Å²) in [5.74, 6) is 0.472. The van der Waals surface area contributed by atoms with Crippen LogP contribution in [0.25, 0.3) is 0 Å². The molecule has 0 atom stereocenters. The van der Waals surface area contributed by atoms with Gasteiger partial charge in [0.1, 0.15) is 6.07 Å². The van der Waals surface area contributed by atoms with Crippen LogP contribution in [0.15, 0.2) is 35.1 Å². The Hall–Kier alpha value is -1.20. The van der Waals surface area contributed by atoms with E-state index in [0.717, 1.165) is 8.04 Å². The van der Waals surface area contributed by atoms with Crippen LogP contribution in [0.1, 0.15) is 5.56 Å². The van der Waals surface area contributed by atoms with Gasteiger partial charge >= 0.3 is 0 Å². The highest BCUT2D eigenvalue weighted by Gasteiger charge is 2.04. The second-order valence-electron chi connectivity index (χ2n) is 3.15. The first-order valence-corrected chi connectivity index (χ1v) is 6.50. The molecule has 0 aliphatic rings. The Kier molecular flexibility index (Phi) is 3.91. The van der Waals surface area contributed by atoms with E-state index in [9.17, 15) is 0 Å². The van der Waals surface area contributed by atoms with Crippen molar-refractivity contribution >= 4 is 50.2 Å². The van der Waals surface area contributed by atoms with Crippen molar-refractivity contribution in [2.75, 3.05) is 5.32 Å². The van der Waals surface area contributed by atoms with Crippen molar-refractivity contribution in [2.45, 2.75) is 0 Å². The standard InChI is InChI=1S/C11H6BrIN4/c12-8-2-1-7(4-14)10(3-8)17-11-15-5-9(13)6-16-11/h1-3,5-6H,(H,15,16,17). The van der Waals surface area contributed by atoms with Crippen LogP contribution in [0.4, 0.5) is 11.6 Å². The van der Waals surface area contributed by atoms with E-state index in [4.69, 9.17) is 5.26 Å². The normalized spacial score (nSPS) is 9.71. The SMILES string of the molecule is N#Cc1ccc(Br)cc1Nc1ncc(I)cn1. The Morgan fingerprint density at radius 3 is 2.65 bits per heavy atom. The summed E-state index contributed by atoms with van der Waals surface area (Å²) >= 11 is 5.49. The maximum atomic E-state index is 8.98. The minimum Gasteiger partial charge on any atom is -0.323 e. The van der Waals surface area contributed by atoms with E-state index in [0.29, 0.717) is 17.2 Å². The average Bonchev–Trinajstić information content (AvgIpc) is 2.32. The van der Waals surface area contributed by atoms with Crippen molar-refractivity contribution in [1.29, 1.82) is 5.26 Å². The molecule has 2 rings (SSSR count). The van der Waals surface area contributed by atoms with Gasteiger partial charge in [0.25, 0.3) is 0 Å². The molecule has 84 valence electrons. The van der Waals surface area contributed by atoms with E-state index in [2.05, 4.69) is 59.9 Å². The summed E-state index contributed by atoms with van der Waals surface area (Å²) in [4.78, 5) is 8.25. The van der Waals surface area contributed by atoms with Gasteiger partial charge in [-0.15, -0.1) is 0 Å². The minimum atomic E-state index is 0.472. The summed E-state index contributed by atoms with van der Waals surface area (Å²) in [5, 5.41) is 12.0. The van der Waals surface area contributed by atoms with Crippen LogP contribution in [0.2, 0.25) is 0 Å². The van der Waals surface area contributed by atoms with Crippen LogP contribution in [-0.4, -0.2) is 9.97 Å².